The van der Waals surface area contributed by atoms with Gasteiger partial charge in [0.25, 0.3) is 5.56 Å². The van der Waals surface area contributed by atoms with Crippen LogP contribution >= 0.6 is 0 Å². The lowest BCUT2D eigenvalue weighted by molar-refractivity contribution is -0.138. The molecule has 0 spiro atoms. The molecule has 1 aliphatic carbocycles. The summed E-state index contributed by atoms with van der Waals surface area (Å²) in [6, 6.07) is 8.82. The molecule has 0 radical (unpaired) electrons. The lowest BCUT2D eigenvalue weighted by Crippen LogP contribution is -2.28. The van der Waals surface area contributed by atoms with Crippen molar-refractivity contribution in [1.29, 1.82) is 0 Å². The van der Waals surface area contributed by atoms with Gasteiger partial charge in [0.15, 0.2) is 5.65 Å². The van der Waals surface area contributed by atoms with E-state index in [9.17, 15) is 22.4 Å². The molecule has 0 aliphatic heterocycles. The molecular weight excluding hydrogens is 460 g/mol. The van der Waals surface area contributed by atoms with Gasteiger partial charge in [-0.3, -0.25) is 19.3 Å². The smallest absolute Gasteiger partial charge is 0.285 e. The monoisotopic (exact) mass is 482 g/mol. The lowest BCUT2D eigenvalue weighted by Gasteiger charge is -2.18. The highest BCUT2D eigenvalue weighted by atomic mass is 19.4. The summed E-state index contributed by atoms with van der Waals surface area (Å²) in [4.78, 5) is 26.1. The van der Waals surface area contributed by atoms with E-state index in [0.717, 1.165) is 11.6 Å². The molecule has 0 saturated heterocycles. The Balaban J connectivity index is 1.57. The van der Waals surface area contributed by atoms with Crippen molar-refractivity contribution in [1.82, 2.24) is 19.5 Å². The summed E-state index contributed by atoms with van der Waals surface area (Å²) in [5, 5.41) is 0. The highest BCUT2D eigenvalue weighted by Gasteiger charge is 2.35. The SMILES string of the molecule is Cc1cccc(F)c1[C@H]1CC[C@H](c2cc3nccnc3n(Cc3ncccc3C(F)(F)F)c2=O)C1. The summed E-state index contributed by atoms with van der Waals surface area (Å²) in [5.41, 5.74) is 1.01. The number of halogens is 4. The number of hydrogen-bond donors (Lipinski definition) is 0. The maximum atomic E-state index is 14.6. The van der Waals surface area contributed by atoms with Crippen LogP contribution in [0.5, 0.6) is 0 Å². The first kappa shape index (κ1) is 23.1. The van der Waals surface area contributed by atoms with E-state index in [1.807, 2.05) is 13.0 Å². The predicted molar refractivity (Wildman–Crippen MR) is 123 cm³/mol. The number of nitrogens with zero attached hydrogens (tertiary/aromatic N) is 4. The molecule has 35 heavy (non-hydrogen) atoms. The fraction of sp³-hybridized carbons (Fsp3) is 0.308. The largest absolute Gasteiger partial charge is 0.418 e. The first-order valence-corrected chi connectivity index (χ1v) is 11.3. The van der Waals surface area contributed by atoms with Gasteiger partial charge in [0.05, 0.1) is 17.8 Å². The van der Waals surface area contributed by atoms with Crippen LogP contribution in [-0.4, -0.2) is 19.5 Å². The fourth-order valence-corrected chi connectivity index (χ4v) is 5.21. The second-order valence-electron chi connectivity index (χ2n) is 8.93. The zero-order chi connectivity index (χ0) is 24.7. The topological polar surface area (TPSA) is 60.7 Å². The second kappa shape index (κ2) is 8.87. The standard InChI is InChI=1S/C26H22F4N4O/c1-15-4-2-6-20(27)23(15)17-8-7-16(12-17)18-13-21-24(33-11-10-32-21)34(25(18)35)14-22-19(26(28,29)30)5-3-9-31-22/h2-6,9-11,13,16-17H,7-8,12,14H2,1H3/t16-,17-/m0/s1. The highest BCUT2D eigenvalue weighted by Crippen LogP contribution is 2.44. The quantitative estimate of drug-likeness (QED) is 0.348. The van der Waals surface area contributed by atoms with Crippen molar-refractivity contribution in [2.75, 3.05) is 0 Å². The van der Waals surface area contributed by atoms with Gasteiger partial charge in [0.1, 0.15) is 11.3 Å². The van der Waals surface area contributed by atoms with Crippen LogP contribution in [0.15, 0.2) is 59.8 Å². The maximum absolute atomic E-state index is 14.6. The average Bonchev–Trinajstić information content (AvgIpc) is 3.29. The zero-order valence-corrected chi connectivity index (χ0v) is 18.9. The van der Waals surface area contributed by atoms with E-state index in [-0.39, 0.29) is 35.5 Å². The third-order valence-corrected chi connectivity index (χ3v) is 6.80. The zero-order valence-electron chi connectivity index (χ0n) is 18.9. The van der Waals surface area contributed by atoms with Crippen molar-refractivity contribution in [2.45, 2.75) is 50.7 Å². The predicted octanol–water partition coefficient (Wildman–Crippen LogP) is 5.75. The molecular formula is C26H22F4N4O. The summed E-state index contributed by atoms with van der Waals surface area (Å²) in [7, 11) is 0. The number of pyridine rings is 2. The number of benzene rings is 1. The molecule has 0 bridgehead atoms. The number of alkyl halides is 3. The van der Waals surface area contributed by atoms with Crippen molar-refractivity contribution in [3.8, 4) is 0 Å². The van der Waals surface area contributed by atoms with E-state index in [4.69, 9.17) is 0 Å². The first-order chi connectivity index (χ1) is 16.7. The molecule has 0 unspecified atom stereocenters. The molecule has 1 aromatic carbocycles. The van der Waals surface area contributed by atoms with Gasteiger partial charge in [-0.1, -0.05) is 12.1 Å². The van der Waals surface area contributed by atoms with Crippen molar-refractivity contribution in [2.24, 2.45) is 0 Å². The minimum atomic E-state index is -4.61. The molecule has 0 amide bonds. The Kier molecular flexibility index (Phi) is 5.86. The summed E-state index contributed by atoms with van der Waals surface area (Å²) >= 11 is 0. The Morgan fingerprint density at radius 1 is 1.00 bits per heavy atom. The van der Waals surface area contributed by atoms with E-state index in [2.05, 4.69) is 15.0 Å². The number of aromatic nitrogens is 4. The Morgan fingerprint density at radius 3 is 2.54 bits per heavy atom. The van der Waals surface area contributed by atoms with Gasteiger partial charge in [-0.2, -0.15) is 13.2 Å². The second-order valence-corrected chi connectivity index (χ2v) is 8.93. The molecule has 2 atom stereocenters. The van der Waals surface area contributed by atoms with E-state index >= 15 is 0 Å². The minimum absolute atomic E-state index is 0.0424. The van der Waals surface area contributed by atoms with Gasteiger partial charge < -0.3 is 0 Å². The van der Waals surface area contributed by atoms with E-state index < -0.39 is 17.3 Å². The molecule has 1 saturated carbocycles. The number of aryl methyl sites for hydroxylation is 1. The molecule has 5 rings (SSSR count). The molecule has 9 heteroatoms. The fourth-order valence-electron chi connectivity index (χ4n) is 5.21. The minimum Gasteiger partial charge on any atom is -0.285 e. The number of rotatable bonds is 4. The van der Waals surface area contributed by atoms with Crippen LogP contribution in [0.2, 0.25) is 0 Å². The Hall–Kier alpha value is -3.62. The Labute approximate surface area is 198 Å². The third kappa shape index (κ3) is 4.31. The Morgan fingerprint density at radius 2 is 1.77 bits per heavy atom. The molecule has 1 aliphatic rings. The molecule has 4 aromatic rings. The summed E-state index contributed by atoms with van der Waals surface area (Å²) in [6.07, 6.45) is 1.48. The van der Waals surface area contributed by atoms with E-state index in [1.165, 1.54) is 35.3 Å². The van der Waals surface area contributed by atoms with Crippen molar-refractivity contribution >= 4 is 11.2 Å². The van der Waals surface area contributed by atoms with Crippen LogP contribution in [0, 0.1) is 12.7 Å². The van der Waals surface area contributed by atoms with Gasteiger partial charge in [-0.15, -0.1) is 0 Å². The van der Waals surface area contributed by atoms with Crippen LogP contribution in [-0.2, 0) is 12.7 Å². The van der Waals surface area contributed by atoms with Crippen LogP contribution in [0.3, 0.4) is 0 Å². The van der Waals surface area contributed by atoms with Gasteiger partial charge in [0.2, 0.25) is 0 Å². The van der Waals surface area contributed by atoms with Crippen molar-refractivity contribution in [3.05, 3.63) is 99.1 Å². The van der Waals surface area contributed by atoms with Crippen molar-refractivity contribution in [3.63, 3.8) is 0 Å². The average molecular weight is 482 g/mol. The maximum Gasteiger partial charge on any atom is 0.418 e. The first-order valence-electron chi connectivity index (χ1n) is 11.3. The van der Waals surface area contributed by atoms with E-state index in [1.54, 1.807) is 12.1 Å². The van der Waals surface area contributed by atoms with Gasteiger partial charge in [0, 0.05) is 24.2 Å². The number of hydrogen-bond acceptors (Lipinski definition) is 4. The molecule has 3 heterocycles. The number of fused-ring (bicyclic) bond motifs is 1. The molecule has 180 valence electrons. The van der Waals surface area contributed by atoms with Crippen LogP contribution in [0.1, 0.15) is 59.0 Å². The molecule has 5 nitrogen and oxygen atoms in total. The highest BCUT2D eigenvalue weighted by molar-refractivity contribution is 5.71. The van der Waals surface area contributed by atoms with Crippen LogP contribution in [0.4, 0.5) is 17.6 Å². The van der Waals surface area contributed by atoms with Crippen LogP contribution in [0.25, 0.3) is 11.2 Å². The van der Waals surface area contributed by atoms with E-state index in [0.29, 0.717) is 35.9 Å². The summed E-state index contributed by atoms with van der Waals surface area (Å²) in [6.45, 7) is 1.48. The summed E-state index contributed by atoms with van der Waals surface area (Å²) in [5.74, 6) is -0.471. The summed E-state index contributed by atoms with van der Waals surface area (Å²) < 4.78 is 56.5. The molecule has 3 aromatic heterocycles. The normalized spacial score (nSPS) is 18.3. The van der Waals surface area contributed by atoms with Crippen LogP contribution < -0.4 is 5.56 Å². The Bertz CT molecular complexity index is 1440. The molecule has 1 fully saturated rings. The lowest BCUT2D eigenvalue weighted by atomic mass is 9.90. The van der Waals surface area contributed by atoms with Crippen molar-refractivity contribution < 1.29 is 17.6 Å². The third-order valence-electron chi connectivity index (χ3n) is 6.80. The van der Waals surface area contributed by atoms with Gasteiger partial charge in [-0.25, -0.2) is 9.37 Å². The van der Waals surface area contributed by atoms with Gasteiger partial charge in [-0.05, 0) is 73.4 Å². The van der Waals surface area contributed by atoms with Gasteiger partial charge >= 0.3 is 6.18 Å². The molecule has 0 N–H and O–H groups in total.